The van der Waals surface area contributed by atoms with Gasteiger partial charge in [0, 0.05) is 25.0 Å². The molecule has 1 amide bonds. The molecular weight excluding hydrogens is 274 g/mol. The zero-order valence-corrected chi connectivity index (χ0v) is 12.3. The number of thiazole rings is 1. The molecule has 3 N–H and O–H groups in total. The summed E-state index contributed by atoms with van der Waals surface area (Å²) in [6, 6.07) is 1.82. The molecule has 2 heterocycles. The van der Waals surface area contributed by atoms with Crippen LogP contribution < -0.4 is 11.1 Å². The van der Waals surface area contributed by atoms with Crippen LogP contribution in [0, 0.1) is 6.92 Å². The molecule has 1 unspecified atom stereocenters. The number of nitrogens with one attached hydrogen (secondary N) is 1. The smallest absolute Gasteiger partial charge is 0.263 e. The summed E-state index contributed by atoms with van der Waals surface area (Å²) in [5.41, 5.74) is 6.34. The van der Waals surface area contributed by atoms with Crippen LogP contribution in [0.15, 0.2) is 18.5 Å². The fourth-order valence-electron chi connectivity index (χ4n) is 1.61. The van der Waals surface area contributed by atoms with Gasteiger partial charge in [-0.3, -0.25) is 4.79 Å². The maximum absolute atomic E-state index is 12.1. The third kappa shape index (κ3) is 3.58. The van der Waals surface area contributed by atoms with E-state index in [1.807, 2.05) is 13.8 Å². The molecule has 0 saturated carbocycles. The van der Waals surface area contributed by atoms with Gasteiger partial charge in [-0.25, -0.2) is 15.0 Å². The minimum atomic E-state index is -0.122. The number of aromatic nitrogens is 3. The number of aryl methyl sites for hydroxylation is 1. The van der Waals surface area contributed by atoms with Gasteiger partial charge in [-0.05, 0) is 26.3 Å². The quantitative estimate of drug-likeness (QED) is 0.868. The fraction of sp³-hybridized carbons (Fsp3) is 0.385. The van der Waals surface area contributed by atoms with Gasteiger partial charge >= 0.3 is 0 Å². The Balaban J connectivity index is 2.10. The second-order valence-corrected chi connectivity index (χ2v) is 5.53. The number of rotatable bonds is 5. The summed E-state index contributed by atoms with van der Waals surface area (Å²) in [5.74, 6) is 0.415. The van der Waals surface area contributed by atoms with E-state index in [1.165, 1.54) is 11.3 Å². The zero-order valence-electron chi connectivity index (χ0n) is 11.5. The molecule has 20 heavy (non-hydrogen) atoms. The number of nitrogens with two attached hydrogens (primary N) is 1. The largest absolute Gasteiger partial charge is 0.351 e. The molecule has 0 aliphatic rings. The van der Waals surface area contributed by atoms with Crippen molar-refractivity contribution in [3.05, 3.63) is 29.0 Å². The topological polar surface area (TPSA) is 93.8 Å². The minimum absolute atomic E-state index is 0.0751. The highest BCUT2D eigenvalue weighted by molar-refractivity contribution is 7.17. The van der Waals surface area contributed by atoms with Crippen molar-refractivity contribution in [2.75, 3.05) is 6.54 Å². The highest BCUT2D eigenvalue weighted by atomic mass is 32.1. The molecule has 0 radical (unpaired) electrons. The van der Waals surface area contributed by atoms with Crippen molar-refractivity contribution in [3.63, 3.8) is 0 Å². The van der Waals surface area contributed by atoms with E-state index in [1.54, 1.807) is 18.5 Å². The lowest BCUT2D eigenvalue weighted by atomic mass is 10.2. The second-order valence-electron chi connectivity index (χ2n) is 4.53. The van der Waals surface area contributed by atoms with Crippen molar-refractivity contribution in [1.29, 1.82) is 0 Å². The standard InChI is InChI=1S/C13H17N5OS/c1-8(14)4-7-17-12(19)10-9(2)18-13(20-10)11-15-5-3-6-16-11/h3,5-6,8H,4,7,14H2,1-2H3,(H,17,19). The number of amides is 1. The molecule has 0 spiro atoms. The van der Waals surface area contributed by atoms with Crippen LogP contribution in [0.1, 0.15) is 28.7 Å². The number of hydrogen-bond acceptors (Lipinski definition) is 6. The van der Waals surface area contributed by atoms with E-state index in [0.717, 1.165) is 6.42 Å². The van der Waals surface area contributed by atoms with Gasteiger partial charge in [-0.15, -0.1) is 11.3 Å². The lowest BCUT2D eigenvalue weighted by Crippen LogP contribution is -2.28. The number of hydrogen-bond donors (Lipinski definition) is 2. The molecule has 7 heteroatoms. The van der Waals surface area contributed by atoms with Gasteiger partial charge in [-0.1, -0.05) is 0 Å². The first-order valence-corrected chi connectivity index (χ1v) is 7.18. The summed E-state index contributed by atoms with van der Waals surface area (Å²) in [5, 5.41) is 3.50. The van der Waals surface area contributed by atoms with E-state index in [4.69, 9.17) is 5.73 Å². The van der Waals surface area contributed by atoms with Crippen LogP contribution in [0.2, 0.25) is 0 Å². The number of nitrogens with zero attached hydrogens (tertiary/aromatic N) is 3. The third-order valence-corrected chi connectivity index (χ3v) is 3.80. The summed E-state index contributed by atoms with van der Waals surface area (Å²) >= 11 is 1.30. The Bertz CT molecular complexity index is 582. The van der Waals surface area contributed by atoms with Gasteiger partial charge in [0.25, 0.3) is 5.91 Å². The van der Waals surface area contributed by atoms with Crippen LogP contribution in [-0.4, -0.2) is 33.4 Å². The van der Waals surface area contributed by atoms with E-state index < -0.39 is 0 Å². The summed E-state index contributed by atoms with van der Waals surface area (Å²) in [6.45, 7) is 4.28. The molecule has 1 atom stereocenters. The maximum atomic E-state index is 12.1. The molecule has 0 aliphatic carbocycles. The summed E-state index contributed by atoms with van der Waals surface area (Å²) in [4.78, 5) is 25.3. The Labute approximate surface area is 121 Å². The Morgan fingerprint density at radius 1 is 1.45 bits per heavy atom. The molecule has 0 aromatic carbocycles. The van der Waals surface area contributed by atoms with Crippen LogP contribution >= 0.6 is 11.3 Å². The van der Waals surface area contributed by atoms with Crippen LogP contribution in [0.4, 0.5) is 0 Å². The van der Waals surface area contributed by atoms with Gasteiger partial charge < -0.3 is 11.1 Å². The van der Waals surface area contributed by atoms with Gasteiger partial charge in [0.05, 0.1) is 5.69 Å². The van der Waals surface area contributed by atoms with Crippen LogP contribution in [0.3, 0.4) is 0 Å². The Kier molecular flexibility index (Phi) is 4.75. The minimum Gasteiger partial charge on any atom is -0.351 e. The van der Waals surface area contributed by atoms with E-state index in [0.29, 0.717) is 27.9 Å². The Morgan fingerprint density at radius 2 is 2.15 bits per heavy atom. The maximum Gasteiger partial charge on any atom is 0.263 e. The summed E-state index contributed by atoms with van der Waals surface area (Å²) < 4.78 is 0. The first-order chi connectivity index (χ1) is 9.58. The predicted octanol–water partition coefficient (Wildman–Crippen LogP) is 1.38. The SMILES string of the molecule is Cc1nc(-c2ncccn2)sc1C(=O)NCCC(C)N. The molecule has 0 aliphatic heterocycles. The van der Waals surface area contributed by atoms with Crippen LogP contribution in [0.5, 0.6) is 0 Å². The summed E-state index contributed by atoms with van der Waals surface area (Å²) in [7, 11) is 0. The molecule has 0 fully saturated rings. The number of carbonyl (C=O) groups is 1. The van der Waals surface area contributed by atoms with Crippen molar-refractivity contribution in [3.8, 4) is 10.8 Å². The highest BCUT2D eigenvalue weighted by Crippen LogP contribution is 2.24. The Hall–Kier alpha value is -1.86. The molecule has 2 aromatic heterocycles. The van der Waals surface area contributed by atoms with Crippen molar-refractivity contribution >= 4 is 17.2 Å². The highest BCUT2D eigenvalue weighted by Gasteiger charge is 2.17. The van der Waals surface area contributed by atoms with E-state index >= 15 is 0 Å². The van der Waals surface area contributed by atoms with Gasteiger partial charge in [0.1, 0.15) is 4.88 Å². The third-order valence-electron chi connectivity index (χ3n) is 2.65. The van der Waals surface area contributed by atoms with Crippen molar-refractivity contribution in [2.24, 2.45) is 5.73 Å². The number of carbonyl (C=O) groups excluding carboxylic acids is 1. The van der Waals surface area contributed by atoms with E-state index in [9.17, 15) is 4.79 Å². The first kappa shape index (κ1) is 14.5. The Morgan fingerprint density at radius 3 is 2.80 bits per heavy atom. The molecule has 6 nitrogen and oxygen atoms in total. The predicted molar refractivity (Wildman–Crippen MR) is 78.5 cm³/mol. The lowest BCUT2D eigenvalue weighted by molar-refractivity contribution is 0.0956. The van der Waals surface area contributed by atoms with Gasteiger partial charge in [0.2, 0.25) is 0 Å². The summed E-state index contributed by atoms with van der Waals surface area (Å²) in [6.07, 6.45) is 4.06. The molecule has 0 saturated heterocycles. The monoisotopic (exact) mass is 291 g/mol. The van der Waals surface area contributed by atoms with E-state index in [-0.39, 0.29) is 11.9 Å². The normalized spacial score (nSPS) is 12.2. The zero-order chi connectivity index (χ0) is 14.5. The lowest BCUT2D eigenvalue weighted by Gasteiger charge is -2.06. The molecule has 2 aromatic rings. The average molecular weight is 291 g/mol. The average Bonchev–Trinajstić information content (AvgIpc) is 2.81. The van der Waals surface area contributed by atoms with E-state index in [2.05, 4.69) is 20.3 Å². The van der Waals surface area contributed by atoms with Gasteiger partial charge in [-0.2, -0.15) is 0 Å². The first-order valence-electron chi connectivity index (χ1n) is 6.36. The van der Waals surface area contributed by atoms with Gasteiger partial charge in [0.15, 0.2) is 10.8 Å². The van der Waals surface area contributed by atoms with Crippen molar-refractivity contribution in [1.82, 2.24) is 20.3 Å². The second kappa shape index (κ2) is 6.53. The van der Waals surface area contributed by atoms with Crippen LogP contribution in [-0.2, 0) is 0 Å². The molecular formula is C13H17N5OS. The van der Waals surface area contributed by atoms with Crippen LogP contribution in [0.25, 0.3) is 10.8 Å². The molecule has 0 bridgehead atoms. The molecule has 106 valence electrons. The van der Waals surface area contributed by atoms with Crippen molar-refractivity contribution < 1.29 is 4.79 Å². The molecule has 2 rings (SSSR count). The fourth-order valence-corrected chi connectivity index (χ4v) is 2.54. The van der Waals surface area contributed by atoms with Crippen molar-refractivity contribution in [2.45, 2.75) is 26.3 Å².